The van der Waals surface area contributed by atoms with Crippen LogP contribution in [0.5, 0.6) is 5.75 Å². The molecule has 0 aliphatic carbocycles. The van der Waals surface area contributed by atoms with Crippen molar-refractivity contribution < 1.29 is 22.7 Å². The highest BCUT2D eigenvalue weighted by Gasteiger charge is 2.28. The minimum atomic E-state index is -3.58. The van der Waals surface area contributed by atoms with E-state index >= 15 is 0 Å². The van der Waals surface area contributed by atoms with Gasteiger partial charge in [-0.3, -0.25) is 9.69 Å². The zero-order valence-corrected chi connectivity index (χ0v) is 20.9. The molecule has 8 nitrogen and oxygen atoms in total. The number of hydrogen-bond donors (Lipinski definition) is 0. The number of piperazine rings is 1. The monoisotopic (exact) mass is 499 g/mol. The van der Waals surface area contributed by atoms with E-state index in [0.29, 0.717) is 58.2 Å². The van der Waals surface area contributed by atoms with Crippen LogP contribution < -0.4 is 4.74 Å². The lowest BCUT2D eigenvalue weighted by Gasteiger charge is -2.33. The molecule has 4 rings (SSSR count). The summed E-state index contributed by atoms with van der Waals surface area (Å²) >= 11 is 0. The number of amides is 1. The number of morpholine rings is 1. The summed E-state index contributed by atoms with van der Waals surface area (Å²) in [5.41, 5.74) is 1.15. The highest BCUT2D eigenvalue weighted by Crippen LogP contribution is 2.22. The van der Waals surface area contributed by atoms with Gasteiger partial charge in [-0.05, 0) is 36.8 Å². The van der Waals surface area contributed by atoms with Gasteiger partial charge in [0.15, 0.2) is 6.10 Å². The van der Waals surface area contributed by atoms with E-state index in [4.69, 9.17) is 9.47 Å². The number of rotatable bonds is 8. The van der Waals surface area contributed by atoms with Gasteiger partial charge in [-0.2, -0.15) is 4.31 Å². The van der Waals surface area contributed by atoms with Crippen molar-refractivity contribution in [3.8, 4) is 5.75 Å². The van der Waals surface area contributed by atoms with Crippen LogP contribution in [0.15, 0.2) is 65.6 Å². The van der Waals surface area contributed by atoms with Crippen molar-refractivity contribution in [3.63, 3.8) is 0 Å². The highest BCUT2D eigenvalue weighted by atomic mass is 32.2. The van der Waals surface area contributed by atoms with Crippen molar-refractivity contribution in [1.82, 2.24) is 14.1 Å². The summed E-state index contributed by atoms with van der Waals surface area (Å²) in [6.45, 7) is 6.93. The smallest absolute Gasteiger partial charge is 0.263 e. The summed E-state index contributed by atoms with van der Waals surface area (Å²) in [6, 6.07) is 16.4. The van der Waals surface area contributed by atoms with Gasteiger partial charge in [0.1, 0.15) is 5.75 Å². The molecule has 0 saturated carbocycles. The van der Waals surface area contributed by atoms with Crippen molar-refractivity contribution in [3.05, 3.63) is 66.2 Å². The molecule has 1 amide bonds. The van der Waals surface area contributed by atoms with Crippen molar-refractivity contribution >= 4 is 22.0 Å². The average molecular weight is 500 g/mol. The lowest BCUT2D eigenvalue weighted by atomic mass is 10.2. The van der Waals surface area contributed by atoms with Gasteiger partial charge in [-0.1, -0.05) is 42.5 Å². The van der Waals surface area contributed by atoms with E-state index in [1.807, 2.05) is 18.2 Å². The molecular weight excluding hydrogens is 466 g/mol. The molecule has 2 aliphatic rings. The number of sulfonamides is 1. The van der Waals surface area contributed by atoms with E-state index in [1.165, 1.54) is 4.31 Å². The summed E-state index contributed by atoms with van der Waals surface area (Å²) < 4.78 is 38.8. The maximum absolute atomic E-state index is 13.1. The molecule has 0 spiro atoms. The molecule has 2 aromatic rings. The average Bonchev–Trinajstić information content (AvgIpc) is 2.90. The molecule has 2 saturated heterocycles. The molecule has 0 N–H and O–H groups in total. The molecule has 0 radical (unpaired) electrons. The van der Waals surface area contributed by atoms with Crippen LogP contribution in [0.25, 0.3) is 6.08 Å². The third-order valence-corrected chi connectivity index (χ3v) is 8.16. The van der Waals surface area contributed by atoms with Gasteiger partial charge >= 0.3 is 0 Å². The Bertz CT molecular complexity index is 1090. The number of nitrogens with zero attached hydrogens (tertiary/aromatic N) is 3. The second-order valence-electron chi connectivity index (χ2n) is 8.69. The molecule has 2 heterocycles. The van der Waals surface area contributed by atoms with Crippen LogP contribution in [0.3, 0.4) is 0 Å². The van der Waals surface area contributed by atoms with Crippen molar-refractivity contribution in [1.29, 1.82) is 0 Å². The van der Waals surface area contributed by atoms with Crippen molar-refractivity contribution in [2.24, 2.45) is 0 Å². The van der Waals surface area contributed by atoms with Gasteiger partial charge in [-0.15, -0.1) is 0 Å². The maximum atomic E-state index is 13.1. The Hall–Kier alpha value is -2.72. The van der Waals surface area contributed by atoms with Crippen LogP contribution >= 0.6 is 0 Å². The SMILES string of the molecule is C[C@@H](Oc1ccc(S(=O)(=O)N2CCN(C/C=C/c3ccccc3)CC2)cc1)C(=O)N1CCOCC1. The molecule has 0 bridgehead atoms. The normalized spacial score (nSPS) is 19.1. The van der Waals surface area contributed by atoms with Gasteiger partial charge in [0.25, 0.3) is 5.91 Å². The Kier molecular flexibility index (Phi) is 8.56. The predicted octanol–water partition coefficient (Wildman–Crippen LogP) is 2.33. The first-order valence-electron chi connectivity index (χ1n) is 12.0. The second kappa shape index (κ2) is 11.8. The van der Waals surface area contributed by atoms with Gasteiger partial charge in [0, 0.05) is 45.8 Å². The van der Waals surface area contributed by atoms with E-state index in [-0.39, 0.29) is 10.8 Å². The molecule has 0 aromatic heterocycles. The number of carbonyl (C=O) groups excluding carboxylic acids is 1. The zero-order valence-electron chi connectivity index (χ0n) is 20.1. The molecular formula is C26H33N3O5S. The first-order chi connectivity index (χ1) is 16.9. The highest BCUT2D eigenvalue weighted by molar-refractivity contribution is 7.89. The van der Waals surface area contributed by atoms with Crippen LogP contribution in [0, 0.1) is 0 Å². The van der Waals surface area contributed by atoms with Gasteiger partial charge in [0.05, 0.1) is 18.1 Å². The van der Waals surface area contributed by atoms with E-state index in [0.717, 1.165) is 12.1 Å². The minimum absolute atomic E-state index is 0.0958. The van der Waals surface area contributed by atoms with Crippen LogP contribution in [-0.4, -0.2) is 93.6 Å². The molecule has 2 aromatic carbocycles. The molecule has 2 fully saturated rings. The van der Waals surface area contributed by atoms with Gasteiger partial charge in [0.2, 0.25) is 10.0 Å². The van der Waals surface area contributed by atoms with Crippen molar-refractivity contribution in [2.45, 2.75) is 17.9 Å². The Balaban J connectivity index is 1.28. The second-order valence-corrected chi connectivity index (χ2v) is 10.6. The van der Waals surface area contributed by atoms with Gasteiger partial charge < -0.3 is 14.4 Å². The fraction of sp³-hybridized carbons (Fsp3) is 0.423. The van der Waals surface area contributed by atoms with Crippen LogP contribution in [0.4, 0.5) is 0 Å². The summed E-state index contributed by atoms with van der Waals surface area (Å²) in [5.74, 6) is 0.370. The third kappa shape index (κ3) is 6.70. The fourth-order valence-corrected chi connectivity index (χ4v) is 5.61. The first-order valence-corrected chi connectivity index (χ1v) is 13.4. The Morgan fingerprint density at radius 3 is 2.29 bits per heavy atom. The third-order valence-electron chi connectivity index (χ3n) is 6.25. The molecule has 1 atom stereocenters. The first kappa shape index (κ1) is 25.4. The van der Waals surface area contributed by atoms with Crippen LogP contribution in [0.1, 0.15) is 12.5 Å². The number of benzene rings is 2. The summed E-state index contributed by atoms with van der Waals surface area (Å²) in [5, 5.41) is 0. The maximum Gasteiger partial charge on any atom is 0.263 e. The van der Waals surface area contributed by atoms with E-state index in [1.54, 1.807) is 36.1 Å². The fourth-order valence-electron chi connectivity index (χ4n) is 4.19. The predicted molar refractivity (Wildman–Crippen MR) is 135 cm³/mol. The zero-order chi connectivity index (χ0) is 24.7. The minimum Gasteiger partial charge on any atom is -0.481 e. The molecule has 2 aliphatic heterocycles. The molecule has 188 valence electrons. The summed E-state index contributed by atoms with van der Waals surface area (Å²) in [6.07, 6.45) is 3.55. The lowest BCUT2D eigenvalue weighted by molar-refractivity contribution is -0.142. The van der Waals surface area contributed by atoms with Crippen LogP contribution in [0.2, 0.25) is 0 Å². The van der Waals surface area contributed by atoms with E-state index in [9.17, 15) is 13.2 Å². The van der Waals surface area contributed by atoms with Gasteiger partial charge in [-0.25, -0.2) is 8.42 Å². The number of carbonyl (C=O) groups is 1. The van der Waals surface area contributed by atoms with E-state index < -0.39 is 16.1 Å². The molecule has 35 heavy (non-hydrogen) atoms. The Morgan fingerprint density at radius 1 is 0.971 bits per heavy atom. The standard InChI is InChI=1S/C26H33N3O5S/c1-22(26(30)28-18-20-33-21-19-28)34-24-9-11-25(12-10-24)35(31,32)29-16-14-27(15-17-29)13-5-8-23-6-3-2-4-7-23/h2-12,22H,13-21H2,1H3/b8-5+/t22-/m1/s1. The quantitative estimate of drug-likeness (QED) is 0.555. The summed E-state index contributed by atoms with van der Waals surface area (Å²) in [4.78, 5) is 16.7. The number of hydrogen-bond acceptors (Lipinski definition) is 6. The van der Waals surface area contributed by atoms with Crippen LogP contribution in [-0.2, 0) is 19.6 Å². The Labute approximate surface area is 207 Å². The summed E-state index contributed by atoms with van der Waals surface area (Å²) in [7, 11) is -3.58. The largest absolute Gasteiger partial charge is 0.481 e. The van der Waals surface area contributed by atoms with E-state index in [2.05, 4.69) is 29.2 Å². The van der Waals surface area contributed by atoms with Crippen molar-refractivity contribution in [2.75, 3.05) is 59.0 Å². The number of ether oxygens (including phenoxy) is 2. The lowest BCUT2D eigenvalue weighted by Crippen LogP contribution is -2.48. The topological polar surface area (TPSA) is 79.4 Å². The molecule has 0 unspecified atom stereocenters. The molecule has 9 heteroatoms. The Morgan fingerprint density at radius 2 is 1.63 bits per heavy atom.